The second-order valence-corrected chi connectivity index (χ2v) is 10.4. The maximum atomic E-state index is 13.1. The zero-order valence-electron chi connectivity index (χ0n) is 16.1. The third-order valence-electron chi connectivity index (χ3n) is 5.12. The van der Waals surface area contributed by atoms with E-state index in [1.54, 1.807) is 34.8 Å². The van der Waals surface area contributed by atoms with Crippen LogP contribution >= 0.6 is 34.4 Å². The minimum Gasteiger partial charge on any atom is -0.316 e. The number of hydrogen-bond donors (Lipinski definition) is 1. The van der Waals surface area contributed by atoms with Crippen molar-refractivity contribution in [3.63, 3.8) is 0 Å². The molecule has 0 aliphatic heterocycles. The van der Waals surface area contributed by atoms with Crippen LogP contribution in [0.25, 0.3) is 20.8 Å². The maximum absolute atomic E-state index is 13.1. The molecule has 0 atom stereocenters. The molecule has 2 aromatic heterocycles. The molecule has 5 rings (SSSR count). The van der Waals surface area contributed by atoms with Crippen molar-refractivity contribution in [2.75, 3.05) is 11.1 Å². The SMILES string of the molecule is O=C(CSc1ccc(F)cc1)Nc1sc2c(c1-c1nc3ccccc3s1)CCCC2. The topological polar surface area (TPSA) is 42.0 Å². The largest absolute Gasteiger partial charge is 0.316 e. The third kappa shape index (κ3) is 4.02. The van der Waals surface area contributed by atoms with Crippen molar-refractivity contribution in [1.29, 1.82) is 0 Å². The van der Waals surface area contributed by atoms with Crippen molar-refractivity contribution in [3.8, 4) is 10.6 Å². The van der Waals surface area contributed by atoms with Gasteiger partial charge in [0, 0.05) is 15.3 Å². The lowest BCUT2D eigenvalue weighted by atomic mass is 9.96. The van der Waals surface area contributed by atoms with Crippen molar-refractivity contribution in [3.05, 3.63) is 64.8 Å². The summed E-state index contributed by atoms with van der Waals surface area (Å²) in [5, 5.41) is 5.03. The van der Waals surface area contributed by atoms with Crippen LogP contribution in [-0.2, 0) is 17.6 Å². The highest BCUT2D eigenvalue weighted by Crippen LogP contribution is 2.46. The smallest absolute Gasteiger partial charge is 0.235 e. The van der Waals surface area contributed by atoms with Gasteiger partial charge in [-0.25, -0.2) is 9.37 Å². The van der Waals surface area contributed by atoms with Gasteiger partial charge in [0.15, 0.2) is 0 Å². The molecule has 4 aromatic rings. The van der Waals surface area contributed by atoms with Gasteiger partial charge in [-0.15, -0.1) is 34.4 Å². The Morgan fingerprint density at radius 2 is 1.87 bits per heavy atom. The summed E-state index contributed by atoms with van der Waals surface area (Å²) >= 11 is 4.79. The monoisotopic (exact) mass is 454 g/mol. The molecule has 2 heterocycles. The quantitative estimate of drug-likeness (QED) is 0.338. The first-order valence-electron chi connectivity index (χ1n) is 9.86. The highest BCUT2D eigenvalue weighted by atomic mass is 32.2. The van der Waals surface area contributed by atoms with Gasteiger partial charge in [-0.3, -0.25) is 4.79 Å². The van der Waals surface area contributed by atoms with E-state index in [4.69, 9.17) is 4.98 Å². The van der Waals surface area contributed by atoms with Gasteiger partial charge in [-0.1, -0.05) is 12.1 Å². The van der Waals surface area contributed by atoms with Crippen molar-refractivity contribution < 1.29 is 9.18 Å². The fourth-order valence-corrected chi connectivity index (χ4v) is 6.82. The minimum atomic E-state index is -0.270. The average molecular weight is 455 g/mol. The molecule has 30 heavy (non-hydrogen) atoms. The number of nitrogens with zero attached hydrogens (tertiary/aromatic N) is 1. The zero-order chi connectivity index (χ0) is 20.5. The number of halogens is 1. The Morgan fingerprint density at radius 1 is 1.07 bits per heavy atom. The lowest BCUT2D eigenvalue weighted by Gasteiger charge is -2.11. The molecular weight excluding hydrogens is 435 g/mol. The van der Waals surface area contributed by atoms with Crippen LogP contribution < -0.4 is 5.32 Å². The molecule has 152 valence electrons. The van der Waals surface area contributed by atoms with Crippen LogP contribution in [0, 0.1) is 5.82 Å². The van der Waals surface area contributed by atoms with E-state index < -0.39 is 0 Å². The number of amides is 1. The second kappa shape index (κ2) is 8.49. The molecule has 0 spiro atoms. The molecule has 7 heteroatoms. The van der Waals surface area contributed by atoms with Crippen LogP contribution in [0.5, 0.6) is 0 Å². The molecule has 1 amide bonds. The summed E-state index contributed by atoms with van der Waals surface area (Å²) in [5.41, 5.74) is 3.46. The fraction of sp³-hybridized carbons (Fsp3) is 0.217. The summed E-state index contributed by atoms with van der Waals surface area (Å²) in [6.07, 6.45) is 4.48. The van der Waals surface area contributed by atoms with E-state index in [1.807, 2.05) is 18.2 Å². The van der Waals surface area contributed by atoms with E-state index in [-0.39, 0.29) is 17.5 Å². The van der Waals surface area contributed by atoms with Crippen LogP contribution in [0.15, 0.2) is 53.4 Å². The normalized spacial score (nSPS) is 13.4. The number of thioether (sulfide) groups is 1. The number of benzene rings is 2. The summed E-state index contributed by atoms with van der Waals surface area (Å²) in [4.78, 5) is 19.8. The van der Waals surface area contributed by atoms with Crippen LogP contribution in [0.1, 0.15) is 23.3 Å². The average Bonchev–Trinajstić information content (AvgIpc) is 3.33. The molecular formula is C23H19FN2OS3. The van der Waals surface area contributed by atoms with Gasteiger partial charge < -0.3 is 5.32 Å². The van der Waals surface area contributed by atoms with E-state index in [9.17, 15) is 9.18 Å². The number of rotatable bonds is 5. The molecule has 0 saturated heterocycles. The predicted octanol–water partition coefficient (Wildman–Crippen LogP) is 6.77. The number of carbonyl (C=O) groups is 1. The molecule has 1 N–H and O–H groups in total. The lowest BCUT2D eigenvalue weighted by molar-refractivity contribution is -0.113. The van der Waals surface area contributed by atoms with E-state index in [2.05, 4.69) is 11.4 Å². The summed E-state index contributed by atoms with van der Waals surface area (Å²) in [7, 11) is 0. The number of thiophene rings is 1. The Morgan fingerprint density at radius 3 is 2.70 bits per heavy atom. The molecule has 3 nitrogen and oxygen atoms in total. The second-order valence-electron chi connectivity index (χ2n) is 7.19. The Kier molecular flexibility index (Phi) is 5.58. The molecule has 1 aliphatic carbocycles. The first kappa shape index (κ1) is 19.7. The Hall–Kier alpha value is -2.22. The van der Waals surface area contributed by atoms with Crippen LogP contribution in [0.3, 0.4) is 0 Å². The maximum Gasteiger partial charge on any atom is 0.235 e. The molecule has 0 radical (unpaired) electrons. The van der Waals surface area contributed by atoms with Crippen molar-refractivity contribution in [1.82, 2.24) is 4.98 Å². The highest BCUT2D eigenvalue weighted by Gasteiger charge is 2.25. The van der Waals surface area contributed by atoms with Gasteiger partial charge >= 0.3 is 0 Å². The number of aryl methyl sites for hydroxylation is 1. The lowest BCUT2D eigenvalue weighted by Crippen LogP contribution is -2.13. The summed E-state index contributed by atoms with van der Waals surface area (Å²) in [6.45, 7) is 0. The van der Waals surface area contributed by atoms with Gasteiger partial charge in [0.05, 0.1) is 16.0 Å². The molecule has 0 unspecified atom stereocenters. The fourth-order valence-electron chi connectivity index (χ4n) is 3.70. The van der Waals surface area contributed by atoms with Crippen LogP contribution in [0.4, 0.5) is 9.39 Å². The predicted molar refractivity (Wildman–Crippen MR) is 125 cm³/mol. The summed E-state index contributed by atoms with van der Waals surface area (Å²) in [6, 6.07) is 14.4. The number of carbonyl (C=O) groups excluding carboxylic acids is 1. The van der Waals surface area contributed by atoms with Gasteiger partial charge in [-0.05, 0) is 67.6 Å². The number of hydrogen-bond acceptors (Lipinski definition) is 5. The number of thiazole rings is 1. The number of para-hydroxylation sites is 1. The number of aromatic nitrogens is 1. The zero-order valence-corrected chi connectivity index (χ0v) is 18.6. The van der Waals surface area contributed by atoms with Crippen LogP contribution in [0.2, 0.25) is 0 Å². The minimum absolute atomic E-state index is 0.0507. The Labute approximate surface area is 186 Å². The first-order chi connectivity index (χ1) is 14.7. The molecule has 0 saturated carbocycles. The van der Waals surface area contributed by atoms with E-state index >= 15 is 0 Å². The standard InChI is InChI=1S/C23H19FN2OS3/c24-14-9-11-15(12-10-14)28-13-20(27)26-23-21(16-5-1-3-7-18(16)29-23)22-25-17-6-2-4-8-19(17)30-22/h2,4,6,8-12H,1,3,5,7,13H2,(H,26,27). The number of fused-ring (bicyclic) bond motifs is 2. The van der Waals surface area contributed by atoms with Crippen molar-refractivity contribution in [2.24, 2.45) is 0 Å². The Balaban J connectivity index is 1.42. The molecule has 0 bridgehead atoms. The van der Waals surface area contributed by atoms with Crippen molar-refractivity contribution in [2.45, 2.75) is 30.6 Å². The van der Waals surface area contributed by atoms with Crippen LogP contribution in [-0.4, -0.2) is 16.6 Å². The summed E-state index contributed by atoms with van der Waals surface area (Å²) in [5.74, 6) is -0.0354. The van der Waals surface area contributed by atoms with Gasteiger partial charge in [-0.2, -0.15) is 0 Å². The molecule has 1 aliphatic rings. The highest BCUT2D eigenvalue weighted by molar-refractivity contribution is 8.00. The van der Waals surface area contributed by atoms with Crippen molar-refractivity contribution >= 4 is 55.6 Å². The van der Waals surface area contributed by atoms with E-state index in [1.165, 1.54) is 47.2 Å². The van der Waals surface area contributed by atoms with E-state index in [0.29, 0.717) is 0 Å². The van der Waals surface area contributed by atoms with Gasteiger partial charge in [0.25, 0.3) is 0 Å². The number of nitrogens with one attached hydrogen (secondary N) is 1. The Bertz CT molecular complexity index is 1180. The third-order valence-corrected chi connectivity index (χ3v) is 8.39. The summed E-state index contributed by atoms with van der Waals surface area (Å²) < 4.78 is 14.2. The first-order valence-corrected chi connectivity index (χ1v) is 12.5. The van der Waals surface area contributed by atoms with E-state index in [0.717, 1.165) is 43.5 Å². The van der Waals surface area contributed by atoms with Gasteiger partial charge in [0.2, 0.25) is 5.91 Å². The molecule has 2 aromatic carbocycles. The number of anilines is 1. The van der Waals surface area contributed by atoms with Gasteiger partial charge in [0.1, 0.15) is 15.8 Å². The molecule has 0 fully saturated rings.